The molecule has 1 fully saturated rings. The third-order valence-electron chi connectivity index (χ3n) is 2.20. The Morgan fingerprint density at radius 1 is 1.67 bits per heavy atom. The summed E-state index contributed by atoms with van der Waals surface area (Å²) >= 11 is 9.13. The predicted molar refractivity (Wildman–Crippen MR) is 63.3 cm³/mol. The normalized spacial score (nSPS) is 21.1. The average Bonchev–Trinajstić information content (AvgIpc) is 2.45. The van der Waals surface area contributed by atoms with Gasteiger partial charge in [-0.25, -0.2) is 4.98 Å². The number of anilines is 2. The van der Waals surface area contributed by atoms with Crippen LogP contribution in [0.3, 0.4) is 0 Å². The third-order valence-corrected chi connectivity index (χ3v) is 3.02. The van der Waals surface area contributed by atoms with Crippen molar-refractivity contribution in [3.63, 3.8) is 0 Å². The number of amides is 1. The van der Waals surface area contributed by atoms with Gasteiger partial charge in [-0.3, -0.25) is 9.69 Å². The molecule has 2 heterocycles. The van der Waals surface area contributed by atoms with Gasteiger partial charge in [0.25, 0.3) is 0 Å². The van der Waals surface area contributed by atoms with Gasteiger partial charge in [0.2, 0.25) is 5.91 Å². The summed E-state index contributed by atoms with van der Waals surface area (Å²) < 4.78 is 0. The molecule has 0 aliphatic carbocycles. The molecule has 1 atom stereocenters. The minimum absolute atomic E-state index is 0.0263. The first kappa shape index (κ1) is 10.7. The maximum Gasteiger partial charge on any atom is 0.229 e. The van der Waals surface area contributed by atoms with Crippen molar-refractivity contribution in [1.29, 1.82) is 0 Å². The van der Waals surface area contributed by atoms with Gasteiger partial charge in [0.15, 0.2) is 5.82 Å². The van der Waals surface area contributed by atoms with Gasteiger partial charge >= 0.3 is 0 Å². The van der Waals surface area contributed by atoms with E-state index in [1.54, 1.807) is 11.0 Å². The van der Waals surface area contributed by atoms with Crippen LogP contribution in [0.25, 0.3) is 0 Å². The Labute approximate surface area is 101 Å². The number of halogens is 2. The van der Waals surface area contributed by atoms with Gasteiger partial charge in [-0.1, -0.05) is 27.5 Å². The van der Waals surface area contributed by atoms with Crippen molar-refractivity contribution in [3.8, 4) is 0 Å². The summed E-state index contributed by atoms with van der Waals surface area (Å²) in [6.07, 6.45) is 1.96. The minimum atomic E-state index is 0.0263. The Hall–Kier alpha value is -0.810. The predicted octanol–water partition coefficient (Wildman–Crippen LogP) is 1.82. The highest BCUT2D eigenvalue weighted by Crippen LogP contribution is 2.29. The highest BCUT2D eigenvalue weighted by Gasteiger charge is 2.30. The van der Waals surface area contributed by atoms with Gasteiger partial charge in [0.1, 0.15) is 0 Å². The quantitative estimate of drug-likeness (QED) is 0.803. The van der Waals surface area contributed by atoms with Gasteiger partial charge in [0.05, 0.1) is 10.7 Å². The summed E-state index contributed by atoms with van der Waals surface area (Å²) in [7, 11) is 0. The van der Waals surface area contributed by atoms with Crippen LogP contribution in [0, 0.1) is 0 Å². The van der Waals surface area contributed by atoms with E-state index in [2.05, 4.69) is 20.9 Å². The lowest BCUT2D eigenvalue weighted by molar-refractivity contribution is -0.117. The van der Waals surface area contributed by atoms with Gasteiger partial charge in [0, 0.05) is 24.0 Å². The van der Waals surface area contributed by atoms with Crippen LogP contribution >= 0.6 is 27.5 Å². The maximum absolute atomic E-state index is 11.6. The fourth-order valence-corrected chi connectivity index (χ4v) is 2.27. The van der Waals surface area contributed by atoms with Crippen molar-refractivity contribution in [2.24, 2.45) is 0 Å². The summed E-state index contributed by atoms with van der Waals surface area (Å²) in [5, 5.41) is 0.471. The molecule has 1 aromatic rings. The highest BCUT2D eigenvalue weighted by molar-refractivity contribution is 9.09. The van der Waals surface area contributed by atoms with Crippen LogP contribution in [-0.4, -0.2) is 22.3 Å². The molecular weight excluding hydrogens is 281 g/mol. The van der Waals surface area contributed by atoms with E-state index in [4.69, 9.17) is 17.3 Å². The van der Waals surface area contributed by atoms with Crippen LogP contribution in [0.15, 0.2) is 12.3 Å². The number of hydrogen-bond donors (Lipinski definition) is 1. The fraction of sp³-hybridized carbons (Fsp3) is 0.333. The maximum atomic E-state index is 11.6. The Morgan fingerprint density at radius 3 is 2.93 bits per heavy atom. The number of carbonyl (C=O) groups is 1. The zero-order valence-electron chi connectivity index (χ0n) is 7.78. The van der Waals surface area contributed by atoms with Gasteiger partial charge in [-0.05, 0) is 6.07 Å². The molecule has 1 unspecified atom stereocenters. The summed E-state index contributed by atoms with van der Waals surface area (Å²) in [6, 6.07) is 1.60. The largest absolute Gasteiger partial charge is 0.396 e. The molecule has 1 aliphatic rings. The van der Waals surface area contributed by atoms with Crippen LogP contribution in [-0.2, 0) is 4.79 Å². The fourth-order valence-electron chi connectivity index (χ4n) is 1.54. The summed E-state index contributed by atoms with van der Waals surface area (Å²) in [5.41, 5.74) is 6.18. The first-order chi connectivity index (χ1) is 7.08. The van der Waals surface area contributed by atoms with Crippen molar-refractivity contribution in [2.45, 2.75) is 11.2 Å². The van der Waals surface area contributed by atoms with Gasteiger partial charge in [-0.2, -0.15) is 0 Å². The van der Waals surface area contributed by atoms with E-state index in [1.807, 2.05) is 0 Å². The number of alkyl halides is 1. The average molecular weight is 291 g/mol. The van der Waals surface area contributed by atoms with Crippen LogP contribution in [0.4, 0.5) is 11.5 Å². The van der Waals surface area contributed by atoms with E-state index >= 15 is 0 Å². The molecule has 0 saturated carbocycles. The van der Waals surface area contributed by atoms with E-state index in [9.17, 15) is 4.79 Å². The Balaban J connectivity index is 2.34. The number of carbonyl (C=O) groups excluding carboxylic acids is 1. The molecule has 1 amide bonds. The smallest absolute Gasteiger partial charge is 0.229 e. The molecule has 2 rings (SSSR count). The lowest BCUT2D eigenvalue weighted by atomic mass is 10.3. The van der Waals surface area contributed by atoms with Crippen molar-refractivity contribution < 1.29 is 4.79 Å². The van der Waals surface area contributed by atoms with Crippen LogP contribution in [0.1, 0.15) is 6.42 Å². The molecule has 2 N–H and O–H groups in total. The molecular formula is C9H9BrClN3O. The van der Waals surface area contributed by atoms with E-state index in [1.165, 1.54) is 6.20 Å². The molecule has 0 spiro atoms. The molecule has 4 nitrogen and oxygen atoms in total. The molecule has 1 aliphatic heterocycles. The lowest BCUT2D eigenvalue weighted by Crippen LogP contribution is -2.26. The third kappa shape index (κ3) is 2.08. The number of nitrogens with zero attached hydrogens (tertiary/aromatic N) is 2. The molecule has 6 heteroatoms. The van der Waals surface area contributed by atoms with Crippen LogP contribution < -0.4 is 10.6 Å². The van der Waals surface area contributed by atoms with E-state index in [0.29, 0.717) is 29.5 Å². The summed E-state index contributed by atoms with van der Waals surface area (Å²) in [5.74, 6) is 0.518. The second-order valence-corrected chi connectivity index (χ2v) is 5.10. The van der Waals surface area contributed by atoms with E-state index in [0.717, 1.165) is 0 Å². The number of nitrogens with two attached hydrogens (primary N) is 1. The second kappa shape index (κ2) is 3.98. The number of pyridine rings is 1. The van der Waals surface area contributed by atoms with Crippen molar-refractivity contribution >= 4 is 44.9 Å². The summed E-state index contributed by atoms with van der Waals surface area (Å²) in [6.45, 7) is 0.595. The molecule has 1 aromatic heterocycles. The minimum Gasteiger partial charge on any atom is -0.396 e. The number of hydrogen-bond acceptors (Lipinski definition) is 3. The Morgan fingerprint density at radius 2 is 2.40 bits per heavy atom. The van der Waals surface area contributed by atoms with Crippen molar-refractivity contribution in [1.82, 2.24) is 4.98 Å². The molecule has 0 aromatic carbocycles. The van der Waals surface area contributed by atoms with Crippen LogP contribution in [0.5, 0.6) is 0 Å². The lowest BCUT2D eigenvalue weighted by Gasteiger charge is -2.16. The Kier molecular flexibility index (Phi) is 2.84. The van der Waals surface area contributed by atoms with E-state index < -0.39 is 0 Å². The second-order valence-electron chi connectivity index (χ2n) is 3.37. The molecule has 0 bridgehead atoms. The van der Waals surface area contributed by atoms with Crippen LogP contribution in [0.2, 0.25) is 5.02 Å². The van der Waals surface area contributed by atoms with Gasteiger partial charge < -0.3 is 5.73 Å². The summed E-state index contributed by atoms with van der Waals surface area (Å²) in [4.78, 5) is 17.4. The number of aromatic nitrogens is 1. The van der Waals surface area contributed by atoms with Crippen molar-refractivity contribution in [3.05, 3.63) is 17.3 Å². The zero-order chi connectivity index (χ0) is 11.0. The first-order valence-corrected chi connectivity index (χ1v) is 5.72. The highest BCUT2D eigenvalue weighted by atomic mass is 79.9. The first-order valence-electron chi connectivity index (χ1n) is 4.43. The Bertz CT molecular complexity index is 412. The number of nitrogen functional groups attached to an aromatic ring is 1. The van der Waals surface area contributed by atoms with Gasteiger partial charge in [-0.15, -0.1) is 0 Å². The molecule has 0 radical (unpaired) electrons. The zero-order valence-corrected chi connectivity index (χ0v) is 10.1. The number of rotatable bonds is 1. The van der Waals surface area contributed by atoms with E-state index in [-0.39, 0.29) is 10.7 Å². The monoisotopic (exact) mass is 289 g/mol. The molecule has 1 saturated heterocycles. The SMILES string of the molecule is Nc1cc(Cl)cnc1N1CC(Br)CC1=O. The molecule has 15 heavy (non-hydrogen) atoms. The standard InChI is InChI=1S/C9H9BrClN3O/c10-5-1-8(15)14(4-5)9-7(12)2-6(11)3-13-9/h2-3,5H,1,4,12H2. The molecule has 80 valence electrons. The van der Waals surface area contributed by atoms with Crippen molar-refractivity contribution in [2.75, 3.05) is 17.2 Å². The topological polar surface area (TPSA) is 59.2 Å².